The minimum atomic E-state index is -0.472. The van der Waals surface area contributed by atoms with E-state index in [0.29, 0.717) is 10.7 Å². The van der Waals surface area contributed by atoms with Gasteiger partial charge in [0.2, 0.25) is 0 Å². The summed E-state index contributed by atoms with van der Waals surface area (Å²) in [4.78, 5) is 14.1. The molecule has 1 aromatic carbocycles. The number of rotatable bonds is 3. The molecule has 1 heterocycles. The van der Waals surface area contributed by atoms with Crippen molar-refractivity contribution in [3.8, 4) is 0 Å². The van der Waals surface area contributed by atoms with Gasteiger partial charge in [0.15, 0.2) is 0 Å². The molecule has 92 valence electrons. The highest BCUT2D eigenvalue weighted by atomic mass is 35.5. The van der Waals surface area contributed by atoms with E-state index in [9.17, 15) is 10.1 Å². The first kappa shape index (κ1) is 12.3. The summed E-state index contributed by atoms with van der Waals surface area (Å²) in [5.74, 6) is 0. The van der Waals surface area contributed by atoms with E-state index < -0.39 is 4.92 Å². The molecule has 0 radical (unpaired) electrons. The van der Waals surface area contributed by atoms with Crippen LogP contribution in [0.3, 0.4) is 0 Å². The summed E-state index contributed by atoms with van der Waals surface area (Å²) in [6.07, 6.45) is 2.72. The molecule has 0 aliphatic carbocycles. The van der Waals surface area contributed by atoms with Gasteiger partial charge in [-0.3, -0.25) is 15.1 Å². The molecule has 0 atom stereocenters. The normalized spacial score (nSPS) is 10.1. The fourth-order valence-electron chi connectivity index (χ4n) is 1.55. The highest BCUT2D eigenvalue weighted by Gasteiger charge is 2.13. The molecule has 0 unspecified atom stereocenters. The summed E-state index contributed by atoms with van der Waals surface area (Å²) in [5.41, 5.74) is 2.02. The fourth-order valence-corrected chi connectivity index (χ4v) is 1.78. The summed E-state index contributed by atoms with van der Waals surface area (Å²) in [6.45, 7) is 1.88. The monoisotopic (exact) mass is 263 g/mol. The molecule has 6 heteroatoms. The van der Waals surface area contributed by atoms with E-state index in [1.165, 1.54) is 12.4 Å². The van der Waals surface area contributed by atoms with Crippen molar-refractivity contribution in [1.29, 1.82) is 0 Å². The number of aryl methyl sites for hydroxylation is 1. The van der Waals surface area contributed by atoms with Crippen LogP contribution in [-0.2, 0) is 0 Å². The van der Waals surface area contributed by atoms with Crippen molar-refractivity contribution in [3.63, 3.8) is 0 Å². The Kier molecular flexibility index (Phi) is 3.43. The summed E-state index contributed by atoms with van der Waals surface area (Å²) >= 11 is 5.86. The maximum Gasteiger partial charge on any atom is 0.310 e. The van der Waals surface area contributed by atoms with Gasteiger partial charge in [-0.05, 0) is 36.8 Å². The highest BCUT2D eigenvalue weighted by Crippen LogP contribution is 2.28. The second-order valence-corrected chi connectivity index (χ2v) is 4.17. The Bertz CT molecular complexity index is 602. The highest BCUT2D eigenvalue weighted by molar-refractivity contribution is 6.30. The number of pyridine rings is 1. The first-order chi connectivity index (χ1) is 8.58. The summed E-state index contributed by atoms with van der Waals surface area (Å²) in [5, 5.41) is 14.5. The maximum absolute atomic E-state index is 10.9. The summed E-state index contributed by atoms with van der Waals surface area (Å²) < 4.78 is 0. The molecule has 0 saturated heterocycles. The summed E-state index contributed by atoms with van der Waals surface area (Å²) in [6, 6.07) is 6.86. The topological polar surface area (TPSA) is 68.1 Å². The number of hydrogen-bond donors (Lipinski definition) is 1. The van der Waals surface area contributed by atoms with Gasteiger partial charge >= 0.3 is 5.69 Å². The zero-order valence-electron chi connectivity index (χ0n) is 9.55. The standard InChI is InChI=1S/C12H10ClN3O2/c1-8-6-9(13)2-3-10(8)15-11-4-5-14-7-12(11)16(17)18/h2-7H,1H3,(H,14,15). The molecule has 1 aromatic heterocycles. The third kappa shape index (κ3) is 2.57. The van der Waals surface area contributed by atoms with Gasteiger partial charge in [0.25, 0.3) is 0 Å². The molecule has 5 nitrogen and oxygen atoms in total. The zero-order chi connectivity index (χ0) is 13.1. The van der Waals surface area contributed by atoms with E-state index in [4.69, 9.17) is 11.6 Å². The fraction of sp³-hybridized carbons (Fsp3) is 0.0833. The van der Waals surface area contributed by atoms with Crippen LogP contribution < -0.4 is 5.32 Å². The molecule has 0 aliphatic heterocycles. The average molecular weight is 264 g/mol. The number of aromatic nitrogens is 1. The Labute approximate surface area is 109 Å². The van der Waals surface area contributed by atoms with Gasteiger partial charge in [0.05, 0.1) is 4.92 Å². The lowest BCUT2D eigenvalue weighted by Gasteiger charge is -2.09. The van der Waals surface area contributed by atoms with Crippen LogP contribution in [-0.4, -0.2) is 9.91 Å². The van der Waals surface area contributed by atoms with E-state index in [2.05, 4.69) is 10.3 Å². The predicted octanol–water partition coefficient (Wildman–Crippen LogP) is 3.70. The van der Waals surface area contributed by atoms with Gasteiger partial charge in [0, 0.05) is 16.9 Å². The van der Waals surface area contributed by atoms with Crippen molar-refractivity contribution in [2.45, 2.75) is 6.92 Å². The van der Waals surface area contributed by atoms with Crippen molar-refractivity contribution in [2.75, 3.05) is 5.32 Å². The molecule has 1 N–H and O–H groups in total. The second-order valence-electron chi connectivity index (χ2n) is 3.73. The molecular weight excluding hydrogens is 254 g/mol. The number of nitrogens with zero attached hydrogens (tertiary/aromatic N) is 2. The van der Waals surface area contributed by atoms with Gasteiger partial charge in [-0.15, -0.1) is 0 Å². The lowest BCUT2D eigenvalue weighted by atomic mass is 10.2. The van der Waals surface area contributed by atoms with Crippen LogP contribution in [0.4, 0.5) is 17.1 Å². The van der Waals surface area contributed by atoms with Crippen LogP contribution in [0.25, 0.3) is 0 Å². The Morgan fingerprint density at radius 2 is 2.11 bits per heavy atom. The van der Waals surface area contributed by atoms with Gasteiger partial charge in [-0.25, -0.2) is 0 Å². The van der Waals surface area contributed by atoms with Crippen molar-refractivity contribution in [1.82, 2.24) is 4.98 Å². The summed E-state index contributed by atoms with van der Waals surface area (Å²) in [7, 11) is 0. The van der Waals surface area contributed by atoms with Gasteiger partial charge in [-0.2, -0.15) is 0 Å². The Morgan fingerprint density at radius 1 is 1.33 bits per heavy atom. The van der Waals surface area contributed by atoms with Crippen molar-refractivity contribution in [3.05, 3.63) is 57.4 Å². The molecule has 0 amide bonds. The number of benzene rings is 1. The Balaban J connectivity index is 2.37. The maximum atomic E-state index is 10.9. The van der Waals surface area contributed by atoms with Gasteiger partial charge < -0.3 is 5.32 Å². The number of anilines is 2. The Hall–Kier alpha value is -2.14. The lowest BCUT2D eigenvalue weighted by Crippen LogP contribution is -1.98. The van der Waals surface area contributed by atoms with Crippen LogP contribution in [0.1, 0.15) is 5.56 Å². The number of nitrogens with one attached hydrogen (secondary N) is 1. The molecule has 2 rings (SSSR count). The van der Waals surface area contributed by atoms with Gasteiger partial charge in [0.1, 0.15) is 11.9 Å². The minimum Gasteiger partial charge on any atom is -0.350 e. The zero-order valence-corrected chi connectivity index (χ0v) is 10.3. The van der Waals surface area contributed by atoms with Crippen LogP contribution >= 0.6 is 11.6 Å². The number of nitro groups is 1. The van der Waals surface area contributed by atoms with E-state index in [0.717, 1.165) is 11.3 Å². The van der Waals surface area contributed by atoms with Crippen molar-refractivity contribution in [2.24, 2.45) is 0 Å². The smallest absolute Gasteiger partial charge is 0.310 e. The molecule has 0 saturated carbocycles. The van der Waals surface area contributed by atoms with Crippen molar-refractivity contribution < 1.29 is 4.92 Å². The molecular formula is C12H10ClN3O2. The SMILES string of the molecule is Cc1cc(Cl)ccc1Nc1ccncc1[N+](=O)[O-]. The predicted molar refractivity (Wildman–Crippen MR) is 70.4 cm³/mol. The molecule has 0 bridgehead atoms. The molecule has 18 heavy (non-hydrogen) atoms. The number of halogens is 1. The Morgan fingerprint density at radius 3 is 2.78 bits per heavy atom. The number of hydrogen-bond acceptors (Lipinski definition) is 4. The molecule has 0 spiro atoms. The minimum absolute atomic E-state index is 0.0631. The van der Waals surface area contributed by atoms with E-state index in [1.54, 1.807) is 24.3 Å². The third-order valence-corrected chi connectivity index (χ3v) is 2.69. The van der Waals surface area contributed by atoms with Gasteiger partial charge in [-0.1, -0.05) is 11.6 Å². The average Bonchev–Trinajstić information content (AvgIpc) is 2.33. The second kappa shape index (κ2) is 5.01. The van der Waals surface area contributed by atoms with Crippen LogP contribution in [0.5, 0.6) is 0 Å². The molecule has 2 aromatic rings. The van der Waals surface area contributed by atoms with Crippen LogP contribution in [0.15, 0.2) is 36.7 Å². The van der Waals surface area contributed by atoms with Crippen LogP contribution in [0, 0.1) is 17.0 Å². The first-order valence-corrected chi connectivity index (χ1v) is 5.57. The quantitative estimate of drug-likeness (QED) is 0.677. The largest absolute Gasteiger partial charge is 0.350 e. The van der Waals surface area contributed by atoms with E-state index in [-0.39, 0.29) is 5.69 Å². The lowest BCUT2D eigenvalue weighted by molar-refractivity contribution is -0.384. The molecule has 0 aliphatic rings. The first-order valence-electron chi connectivity index (χ1n) is 5.19. The third-order valence-electron chi connectivity index (χ3n) is 2.45. The molecule has 0 fully saturated rings. The van der Waals surface area contributed by atoms with E-state index >= 15 is 0 Å². The van der Waals surface area contributed by atoms with E-state index in [1.807, 2.05) is 6.92 Å². The van der Waals surface area contributed by atoms with Crippen molar-refractivity contribution >= 4 is 28.7 Å². The van der Waals surface area contributed by atoms with Crippen LogP contribution in [0.2, 0.25) is 5.02 Å².